The zero-order valence-corrected chi connectivity index (χ0v) is 13.9. The Morgan fingerprint density at radius 3 is 2.83 bits per heavy atom. The van der Waals surface area contributed by atoms with Crippen LogP contribution in [0.15, 0.2) is 30.3 Å². The lowest BCUT2D eigenvalue weighted by molar-refractivity contribution is -0.133. The number of carbonyl (C=O) groups excluding carboxylic acids is 2. The molecule has 1 aromatic rings. The quantitative estimate of drug-likeness (QED) is 0.810. The molecule has 3 amide bonds. The minimum absolute atomic E-state index is 0.00515. The minimum atomic E-state index is 0.00515. The predicted octanol–water partition coefficient (Wildman–Crippen LogP) is 1.86. The van der Waals surface area contributed by atoms with E-state index in [1.54, 1.807) is 0 Å². The Labute approximate surface area is 142 Å². The van der Waals surface area contributed by atoms with Crippen LogP contribution in [-0.4, -0.2) is 60.6 Å². The van der Waals surface area contributed by atoms with Crippen molar-refractivity contribution in [3.8, 4) is 5.75 Å². The monoisotopic (exact) mass is 331 g/mol. The molecule has 0 radical (unpaired) electrons. The van der Waals surface area contributed by atoms with Gasteiger partial charge >= 0.3 is 6.03 Å². The fourth-order valence-corrected chi connectivity index (χ4v) is 3.36. The van der Waals surface area contributed by atoms with E-state index in [-0.39, 0.29) is 18.0 Å². The number of hydrogen-bond acceptors (Lipinski definition) is 3. The number of rotatable bonds is 6. The minimum Gasteiger partial charge on any atom is -0.494 e. The number of hydrogen-bond donors (Lipinski definition) is 1. The fourth-order valence-electron chi connectivity index (χ4n) is 3.36. The summed E-state index contributed by atoms with van der Waals surface area (Å²) in [5.41, 5.74) is 0. The molecular formula is C18H25N3O3. The first-order valence-electron chi connectivity index (χ1n) is 8.74. The second-order valence-corrected chi connectivity index (χ2v) is 6.33. The van der Waals surface area contributed by atoms with E-state index in [1.807, 2.05) is 40.1 Å². The van der Waals surface area contributed by atoms with Crippen molar-refractivity contribution < 1.29 is 14.3 Å². The van der Waals surface area contributed by atoms with Gasteiger partial charge in [0, 0.05) is 32.6 Å². The van der Waals surface area contributed by atoms with Crippen molar-refractivity contribution in [3.05, 3.63) is 30.3 Å². The van der Waals surface area contributed by atoms with Gasteiger partial charge in [0.15, 0.2) is 0 Å². The molecule has 6 heteroatoms. The van der Waals surface area contributed by atoms with Crippen molar-refractivity contribution >= 4 is 11.9 Å². The van der Waals surface area contributed by atoms with Gasteiger partial charge in [-0.15, -0.1) is 0 Å². The number of piperidine rings is 1. The molecule has 0 bridgehead atoms. The average Bonchev–Trinajstić information content (AvgIpc) is 3.05. The molecule has 0 saturated carbocycles. The second kappa shape index (κ2) is 8.04. The van der Waals surface area contributed by atoms with E-state index in [9.17, 15) is 9.59 Å². The topological polar surface area (TPSA) is 61.9 Å². The third-order valence-electron chi connectivity index (χ3n) is 4.63. The van der Waals surface area contributed by atoms with Crippen molar-refractivity contribution in [1.29, 1.82) is 0 Å². The van der Waals surface area contributed by atoms with Crippen LogP contribution in [-0.2, 0) is 4.79 Å². The number of benzene rings is 1. The molecule has 0 spiro atoms. The summed E-state index contributed by atoms with van der Waals surface area (Å²) in [7, 11) is 0. The Morgan fingerprint density at radius 1 is 1.25 bits per heavy atom. The third kappa shape index (κ3) is 4.19. The Kier molecular flexibility index (Phi) is 5.56. The molecule has 2 aliphatic heterocycles. The normalized spacial score (nSPS) is 20.8. The van der Waals surface area contributed by atoms with Gasteiger partial charge in [-0.3, -0.25) is 4.79 Å². The number of carbonyl (C=O) groups is 2. The van der Waals surface area contributed by atoms with Crippen molar-refractivity contribution in [2.75, 3.05) is 32.8 Å². The highest BCUT2D eigenvalue weighted by Crippen LogP contribution is 2.18. The zero-order chi connectivity index (χ0) is 16.8. The van der Waals surface area contributed by atoms with Crippen LogP contribution in [0.25, 0.3) is 0 Å². The molecule has 0 aromatic heterocycles. The van der Waals surface area contributed by atoms with Crippen LogP contribution in [0.2, 0.25) is 0 Å². The highest BCUT2D eigenvalue weighted by molar-refractivity contribution is 5.78. The standard InChI is InChI=1S/C18H25N3O3/c22-17(9-5-13-24-16-7-2-1-3-8-16)20-11-4-6-15(14-20)21-12-10-19-18(21)23/h1-3,7-8,15H,4-6,9-14H2,(H,19,23). The van der Waals surface area contributed by atoms with Crippen molar-refractivity contribution in [2.24, 2.45) is 0 Å². The van der Waals surface area contributed by atoms with Gasteiger partial charge < -0.3 is 19.9 Å². The number of nitrogens with zero attached hydrogens (tertiary/aromatic N) is 2. The summed E-state index contributed by atoms with van der Waals surface area (Å²) >= 11 is 0. The van der Waals surface area contributed by atoms with Crippen molar-refractivity contribution in [2.45, 2.75) is 31.7 Å². The Balaban J connectivity index is 1.40. The smallest absolute Gasteiger partial charge is 0.317 e. The van der Waals surface area contributed by atoms with Crippen molar-refractivity contribution in [3.63, 3.8) is 0 Å². The lowest BCUT2D eigenvalue weighted by Crippen LogP contribution is -2.50. The number of para-hydroxylation sites is 1. The average molecular weight is 331 g/mol. The molecule has 1 unspecified atom stereocenters. The van der Waals surface area contributed by atoms with Crippen LogP contribution in [0.1, 0.15) is 25.7 Å². The summed E-state index contributed by atoms with van der Waals surface area (Å²) in [6.07, 6.45) is 3.14. The summed E-state index contributed by atoms with van der Waals surface area (Å²) in [6, 6.07) is 9.81. The Morgan fingerprint density at radius 2 is 2.08 bits per heavy atom. The summed E-state index contributed by atoms with van der Waals surface area (Å²) in [5, 5.41) is 2.84. The third-order valence-corrected chi connectivity index (χ3v) is 4.63. The molecule has 6 nitrogen and oxygen atoms in total. The molecule has 1 N–H and O–H groups in total. The number of likely N-dealkylation sites (tertiary alicyclic amines) is 1. The van der Waals surface area contributed by atoms with Gasteiger partial charge in [0.2, 0.25) is 5.91 Å². The first-order valence-corrected chi connectivity index (χ1v) is 8.74. The molecule has 0 aliphatic carbocycles. The lowest BCUT2D eigenvalue weighted by Gasteiger charge is -2.37. The molecule has 2 fully saturated rings. The maximum atomic E-state index is 12.4. The molecule has 1 atom stereocenters. The number of ether oxygens (including phenoxy) is 1. The molecule has 1 aromatic carbocycles. The van der Waals surface area contributed by atoms with Gasteiger partial charge in [0.1, 0.15) is 5.75 Å². The van der Waals surface area contributed by atoms with Gasteiger partial charge in [-0.25, -0.2) is 4.79 Å². The van der Waals surface area contributed by atoms with E-state index in [0.717, 1.165) is 31.7 Å². The van der Waals surface area contributed by atoms with Crippen LogP contribution in [0, 0.1) is 0 Å². The van der Waals surface area contributed by atoms with Gasteiger partial charge in [-0.05, 0) is 31.4 Å². The van der Waals surface area contributed by atoms with E-state index >= 15 is 0 Å². The maximum absolute atomic E-state index is 12.4. The van der Waals surface area contributed by atoms with Gasteiger partial charge in [0.25, 0.3) is 0 Å². The van der Waals surface area contributed by atoms with E-state index < -0.39 is 0 Å². The lowest BCUT2D eigenvalue weighted by atomic mass is 10.0. The fraction of sp³-hybridized carbons (Fsp3) is 0.556. The maximum Gasteiger partial charge on any atom is 0.317 e. The largest absolute Gasteiger partial charge is 0.494 e. The predicted molar refractivity (Wildman–Crippen MR) is 90.9 cm³/mol. The summed E-state index contributed by atoms with van der Waals surface area (Å²) in [4.78, 5) is 28.0. The van der Waals surface area contributed by atoms with Crippen LogP contribution in [0.3, 0.4) is 0 Å². The van der Waals surface area contributed by atoms with Crippen molar-refractivity contribution in [1.82, 2.24) is 15.1 Å². The van der Waals surface area contributed by atoms with Crippen LogP contribution in [0.4, 0.5) is 4.79 Å². The highest BCUT2D eigenvalue weighted by Gasteiger charge is 2.32. The first kappa shape index (κ1) is 16.6. The van der Waals surface area contributed by atoms with E-state index in [1.165, 1.54) is 0 Å². The van der Waals surface area contributed by atoms with E-state index in [0.29, 0.717) is 32.5 Å². The first-order chi connectivity index (χ1) is 11.7. The second-order valence-electron chi connectivity index (χ2n) is 6.33. The number of urea groups is 1. The van der Waals surface area contributed by atoms with Crippen LogP contribution in [0.5, 0.6) is 5.75 Å². The number of amides is 3. The Bertz CT molecular complexity index is 564. The molecule has 24 heavy (non-hydrogen) atoms. The molecular weight excluding hydrogens is 306 g/mol. The summed E-state index contributed by atoms with van der Waals surface area (Å²) in [6.45, 7) is 3.45. The van der Waals surface area contributed by atoms with Crippen LogP contribution >= 0.6 is 0 Å². The van der Waals surface area contributed by atoms with Gasteiger partial charge in [-0.1, -0.05) is 18.2 Å². The van der Waals surface area contributed by atoms with E-state index in [2.05, 4.69) is 5.32 Å². The van der Waals surface area contributed by atoms with E-state index in [4.69, 9.17) is 4.74 Å². The molecule has 2 heterocycles. The Hall–Kier alpha value is -2.24. The highest BCUT2D eigenvalue weighted by atomic mass is 16.5. The summed E-state index contributed by atoms with van der Waals surface area (Å²) < 4.78 is 5.63. The molecule has 2 aliphatic rings. The SMILES string of the molecule is O=C(CCCOc1ccccc1)N1CCCC(N2CCNC2=O)C1. The molecule has 130 valence electrons. The molecule has 2 saturated heterocycles. The number of nitrogens with one attached hydrogen (secondary N) is 1. The van der Waals surface area contributed by atoms with Gasteiger partial charge in [-0.2, -0.15) is 0 Å². The summed E-state index contributed by atoms with van der Waals surface area (Å²) in [5.74, 6) is 0.999. The zero-order valence-electron chi connectivity index (χ0n) is 13.9. The van der Waals surface area contributed by atoms with Gasteiger partial charge in [0.05, 0.1) is 12.6 Å². The molecule has 3 rings (SSSR count). The van der Waals surface area contributed by atoms with Crippen LogP contribution < -0.4 is 10.1 Å².